The topological polar surface area (TPSA) is 83.7 Å². The van der Waals surface area contributed by atoms with Crippen molar-refractivity contribution in [1.29, 1.82) is 5.26 Å². The number of halogens is 1. The summed E-state index contributed by atoms with van der Waals surface area (Å²) in [6.07, 6.45) is 1.76. The minimum absolute atomic E-state index is 0.0914. The highest BCUT2D eigenvalue weighted by atomic mass is 79.9. The lowest BCUT2D eigenvalue weighted by Crippen LogP contribution is -2.19. The van der Waals surface area contributed by atoms with Gasteiger partial charge in [0.2, 0.25) is 0 Å². The molecule has 3 rings (SSSR count). The zero-order chi connectivity index (χ0) is 21.0. The summed E-state index contributed by atoms with van der Waals surface area (Å²) in [5, 5.41) is 12.0. The molecule has 2 aromatic carbocycles. The van der Waals surface area contributed by atoms with Crippen molar-refractivity contribution in [3.8, 4) is 17.6 Å². The molecule has 148 valence electrons. The maximum Gasteiger partial charge on any atom is 0.264 e. The predicted molar refractivity (Wildman–Crippen MR) is 119 cm³/mol. The molecule has 6 nitrogen and oxygen atoms in total. The van der Waals surface area contributed by atoms with Gasteiger partial charge in [0.1, 0.15) is 6.07 Å². The van der Waals surface area contributed by atoms with Gasteiger partial charge in [-0.3, -0.25) is 4.79 Å². The highest BCUT2D eigenvalue weighted by molar-refractivity contribution is 9.10. The fourth-order valence-corrected chi connectivity index (χ4v) is 4.25. The summed E-state index contributed by atoms with van der Waals surface area (Å²) in [6.45, 7) is 3.93. The molecule has 2 aromatic rings. The van der Waals surface area contributed by atoms with Gasteiger partial charge in [-0.15, -0.1) is 0 Å². The van der Waals surface area contributed by atoms with Crippen LogP contribution in [0.25, 0.3) is 6.08 Å². The second kappa shape index (κ2) is 9.16. The Hall–Kier alpha value is -2.76. The Kier molecular flexibility index (Phi) is 6.62. The van der Waals surface area contributed by atoms with Crippen molar-refractivity contribution in [3.63, 3.8) is 0 Å². The fraction of sp³-hybridized carbons (Fsp3) is 0.190. The number of thioether (sulfide) groups is 1. The maximum absolute atomic E-state index is 12.4. The summed E-state index contributed by atoms with van der Waals surface area (Å²) < 4.78 is 11.4. The van der Waals surface area contributed by atoms with Crippen LogP contribution in [-0.2, 0) is 4.79 Å². The summed E-state index contributed by atoms with van der Waals surface area (Å²) >= 11 is 4.71. The van der Waals surface area contributed by atoms with Crippen LogP contribution < -0.4 is 14.8 Å². The first kappa shape index (κ1) is 21.0. The molecule has 0 radical (unpaired) electrons. The van der Waals surface area contributed by atoms with E-state index in [0.29, 0.717) is 26.0 Å². The third-order valence-corrected chi connectivity index (χ3v) is 5.42. The SMILES string of the molecule is COc1cc(/C=C2\SC(=Nc3cc(C)cc(C)c3)NC2=O)cc(Br)c1OCC#N. The van der Waals surface area contributed by atoms with E-state index in [1.807, 2.05) is 32.0 Å². The van der Waals surface area contributed by atoms with Crippen molar-refractivity contribution in [2.24, 2.45) is 4.99 Å². The molecular formula is C21H18BrN3O3S. The molecule has 8 heteroatoms. The fourth-order valence-electron chi connectivity index (χ4n) is 2.83. The zero-order valence-electron chi connectivity index (χ0n) is 16.1. The number of aliphatic imine (C=N–C) groups is 1. The first-order chi connectivity index (χ1) is 13.9. The number of carbonyl (C=O) groups excluding carboxylic acids is 1. The van der Waals surface area contributed by atoms with E-state index in [0.717, 1.165) is 22.4 Å². The van der Waals surface area contributed by atoms with E-state index in [4.69, 9.17) is 14.7 Å². The molecule has 1 heterocycles. The minimum atomic E-state index is -0.210. The van der Waals surface area contributed by atoms with Gasteiger partial charge in [-0.05, 0) is 88.6 Å². The second-order valence-electron chi connectivity index (χ2n) is 6.31. The van der Waals surface area contributed by atoms with Crippen LogP contribution in [0.15, 0.2) is 44.7 Å². The van der Waals surface area contributed by atoms with E-state index < -0.39 is 0 Å². The van der Waals surface area contributed by atoms with Crippen LogP contribution in [0.3, 0.4) is 0 Å². The number of aryl methyl sites for hydroxylation is 2. The van der Waals surface area contributed by atoms with Gasteiger partial charge in [-0.25, -0.2) is 4.99 Å². The number of methoxy groups -OCH3 is 1. The van der Waals surface area contributed by atoms with Crippen LogP contribution in [0.4, 0.5) is 5.69 Å². The molecule has 0 saturated carbocycles. The van der Waals surface area contributed by atoms with Crippen molar-refractivity contribution < 1.29 is 14.3 Å². The van der Waals surface area contributed by atoms with Crippen molar-refractivity contribution >= 4 is 50.5 Å². The number of ether oxygens (including phenoxy) is 2. The molecule has 0 aliphatic carbocycles. The van der Waals surface area contributed by atoms with Crippen molar-refractivity contribution in [3.05, 3.63) is 56.4 Å². The van der Waals surface area contributed by atoms with Crippen molar-refractivity contribution in [1.82, 2.24) is 5.32 Å². The Bertz CT molecular complexity index is 1050. The molecule has 1 aliphatic heterocycles. The number of amidine groups is 1. The van der Waals surface area contributed by atoms with Crippen molar-refractivity contribution in [2.45, 2.75) is 13.8 Å². The lowest BCUT2D eigenvalue weighted by atomic mass is 10.1. The summed E-state index contributed by atoms with van der Waals surface area (Å²) in [4.78, 5) is 17.4. The van der Waals surface area contributed by atoms with Crippen LogP contribution >= 0.6 is 27.7 Å². The Morgan fingerprint density at radius 3 is 2.62 bits per heavy atom. The molecule has 0 unspecified atom stereocenters. The van der Waals surface area contributed by atoms with E-state index in [1.54, 1.807) is 18.2 Å². The summed E-state index contributed by atoms with van der Waals surface area (Å²) in [5.74, 6) is 0.698. The monoisotopic (exact) mass is 471 g/mol. The van der Waals surface area contributed by atoms with Crippen LogP contribution in [0.5, 0.6) is 11.5 Å². The first-order valence-corrected chi connectivity index (χ1v) is 10.3. The van der Waals surface area contributed by atoms with Gasteiger partial charge in [0, 0.05) is 0 Å². The number of nitriles is 1. The van der Waals surface area contributed by atoms with E-state index >= 15 is 0 Å². The quantitative estimate of drug-likeness (QED) is 0.628. The number of hydrogen-bond donors (Lipinski definition) is 1. The minimum Gasteiger partial charge on any atom is -0.493 e. The molecule has 0 atom stereocenters. The molecule has 1 fully saturated rings. The molecule has 0 aromatic heterocycles. The highest BCUT2D eigenvalue weighted by Gasteiger charge is 2.24. The Balaban J connectivity index is 1.87. The van der Waals surface area contributed by atoms with Crippen molar-refractivity contribution in [2.75, 3.05) is 13.7 Å². The largest absolute Gasteiger partial charge is 0.493 e. The molecule has 29 heavy (non-hydrogen) atoms. The van der Waals surface area contributed by atoms with Gasteiger partial charge < -0.3 is 14.8 Å². The zero-order valence-corrected chi connectivity index (χ0v) is 18.5. The lowest BCUT2D eigenvalue weighted by molar-refractivity contribution is -0.115. The number of hydrogen-bond acceptors (Lipinski definition) is 6. The van der Waals surface area contributed by atoms with Crippen LogP contribution in [0.2, 0.25) is 0 Å². The molecule has 0 spiro atoms. The lowest BCUT2D eigenvalue weighted by Gasteiger charge is -2.11. The van der Waals surface area contributed by atoms with Crippen LogP contribution in [0, 0.1) is 25.2 Å². The Morgan fingerprint density at radius 2 is 1.97 bits per heavy atom. The van der Waals surface area contributed by atoms with Gasteiger partial charge >= 0.3 is 0 Å². The first-order valence-electron chi connectivity index (χ1n) is 8.65. The number of rotatable bonds is 5. The predicted octanol–water partition coefficient (Wildman–Crippen LogP) is 4.87. The third kappa shape index (κ3) is 5.19. The number of carbonyl (C=O) groups is 1. The summed E-state index contributed by atoms with van der Waals surface area (Å²) in [5.41, 5.74) is 3.79. The van der Waals surface area contributed by atoms with Gasteiger partial charge in [-0.1, -0.05) is 6.07 Å². The standard InChI is InChI=1S/C21H18BrN3O3S/c1-12-6-13(2)8-15(7-12)24-21-25-20(26)18(29-21)11-14-9-16(22)19(28-5-4-23)17(10-14)27-3/h6-11H,5H2,1-3H3,(H,24,25,26)/b18-11-. The molecular weight excluding hydrogens is 454 g/mol. The van der Waals surface area contributed by atoms with Gasteiger partial charge in [0.15, 0.2) is 23.3 Å². The Morgan fingerprint density at radius 1 is 1.24 bits per heavy atom. The average Bonchev–Trinajstić information content (AvgIpc) is 2.98. The molecule has 1 amide bonds. The highest BCUT2D eigenvalue weighted by Crippen LogP contribution is 2.38. The van der Waals surface area contributed by atoms with E-state index in [-0.39, 0.29) is 12.5 Å². The van der Waals surface area contributed by atoms with Gasteiger partial charge in [0.25, 0.3) is 5.91 Å². The molecule has 1 saturated heterocycles. The Labute approximate surface area is 181 Å². The van der Waals surface area contributed by atoms with E-state index in [9.17, 15) is 4.79 Å². The smallest absolute Gasteiger partial charge is 0.264 e. The molecule has 1 N–H and O–H groups in total. The number of amides is 1. The van der Waals surface area contributed by atoms with Crippen LogP contribution in [-0.4, -0.2) is 24.8 Å². The average molecular weight is 472 g/mol. The number of nitrogens with one attached hydrogen (secondary N) is 1. The maximum atomic E-state index is 12.4. The van der Waals surface area contributed by atoms with Crippen LogP contribution in [0.1, 0.15) is 16.7 Å². The van der Waals surface area contributed by atoms with E-state index in [1.165, 1.54) is 18.9 Å². The normalized spacial score (nSPS) is 16.0. The number of nitrogens with zero attached hydrogens (tertiary/aromatic N) is 2. The third-order valence-electron chi connectivity index (χ3n) is 3.92. The molecule has 0 bridgehead atoms. The van der Waals surface area contributed by atoms with Gasteiger partial charge in [-0.2, -0.15) is 5.26 Å². The molecule has 1 aliphatic rings. The second-order valence-corrected chi connectivity index (χ2v) is 8.19. The summed E-state index contributed by atoms with van der Waals surface area (Å²) in [6, 6.07) is 11.5. The summed E-state index contributed by atoms with van der Waals surface area (Å²) in [7, 11) is 1.52. The number of benzene rings is 2. The van der Waals surface area contributed by atoms with E-state index in [2.05, 4.69) is 32.3 Å². The van der Waals surface area contributed by atoms with Gasteiger partial charge in [0.05, 0.1) is 22.2 Å².